The zero-order chi connectivity index (χ0) is 14.0. The Morgan fingerprint density at radius 1 is 1.53 bits per heavy atom. The molecule has 0 unspecified atom stereocenters. The number of rotatable bonds is 3. The Bertz CT molecular complexity index is 474. The van der Waals surface area contributed by atoms with Gasteiger partial charge in [0.2, 0.25) is 11.8 Å². The van der Waals surface area contributed by atoms with Crippen LogP contribution in [0.25, 0.3) is 0 Å². The lowest BCUT2D eigenvalue weighted by Crippen LogP contribution is -2.34. The molecule has 1 aliphatic heterocycles. The van der Waals surface area contributed by atoms with E-state index in [1.54, 1.807) is 7.11 Å². The lowest BCUT2D eigenvalue weighted by Gasteiger charge is -2.19. The smallest absolute Gasteiger partial charge is 0.239 e. The number of methoxy groups -OCH3 is 1. The van der Waals surface area contributed by atoms with E-state index >= 15 is 0 Å². The molecule has 0 atom stereocenters. The highest BCUT2D eigenvalue weighted by molar-refractivity contribution is 5.81. The van der Waals surface area contributed by atoms with E-state index in [1.165, 1.54) is 0 Å². The summed E-state index contributed by atoms with van der Waals surface area (Å²) in [5.74, 6) is 1.56. The molecule has 1 amide bonds. The van der Waals surface area contributed by atoms with Gasteiger partial charge in [-0.25, -0.2) is 4.68 Å². The SMILES string of the molecule is COc1nn2c(c1CNC(=O)C(C)(C)C)NCCC2. The number of anilines is 1. The van der Waals surface area contributed by atoms with Crippen LogP contribution in [0.1, 0.15) is 32.8 Å². The molecular formula is C13H22N4O2. The summed E-state index contributed by atoms with van der Waals surface area (Å²) < 4.78 is 7.20. The molecule has 0 saturated carbocycles. The molecule has 106 valence electrons. The van der Waals surface area contributed by atoms with Crippen LogP contribution in [0.4, 0.5) is 5.82 Å². The fourth-order valence-electron chi connectivity index (χ4n) is 2.03. The van der Waals surface area contributed by atoms with Crippen molar-refractivity contribution in [3.05, 3.63) is 5.56 Å². The van der Waals surface area contributed by atoms with Gasteiger partial charge in [0, 0.05) is 18.5 Å². The lowest BCUT2D eigenvalue weighted by molar-refractivity contribution is -0.128. The highest BCUT2D eigenvalue weighted by atomic mass is 16.5. The van der Waals surface area contributed by atoms with E-state index in [2.05, 4.69) is 15.7 Å². The van der Waals surface area contributed by atoms with E-state index in [0.29, 0.717) is 12.4 Å². The number of nitrogens with one attached hydrogen (secondary N) is 2. The summed E-state index contributed by atoms with van der Waals surface area (Å²) in [5.41, 5.74) is 0.522. The molecule has 1 aromatic heterocycles. The first-order chi connectivity index (χ1) is 8.93. The minimum atomic E-state index is -0.395. The highest BCUT2D eigenvalue weighted by Gasteiger charge is 2.24. The third-order valence-corrected chi connectivity index (χ3v) is 3.15. The minimum absolute atomic E-state index is 0.0188. The van der Waals surface area contributed by atoms with Crippen LogP contribution in [0.15, 0.2) is 0 Å². The van der Waals surface area contributed by atoms with Crippen LogP contribution in [-0.2, 0) is 17.9 Å². The summed E-state index contributed by atoms with van der Waals surface area (Å²) in [6, 6.07) is 0. The molecule has 19 heavy (non-hydrogen) atoms. The Morgan fingerprint density at radius 3 is 2.89 bits per heavy atom. The zero-order valence-corrected chi connectivity index (χ0v) is 12.0. The second kappa shape index (κ2) is 5.11. The van der Waals surface area contributed by atoms with Crippen LogP contribution in [0.5, 0.6) is 5.88 Å². The Kier molecular flexibility index (Phi) is 3.68. The average Bonchev–Trinajstić information content (AvgIpc) is 2.72. The third kappa shape index (κ3) is 2.83. The van der Waals surface area contributed by atoms with E-state index < -0.39 is 5.41 Å². The standard InChI is InChI=1S/C13H22N4O2/c1-13(2,3)12(18)15-8-9-10-14-6-5-7-17(10)16-11(9)19-4/h14H,5-8H2,1-4H3,(H,15,18). The number of fused-ring (bicyclic) bond motifs is 1. The van der Waals surface area contributed by atoms with Gasteiger partial charge in [0.1, 0.15) is 5.82 Å². The predicted molar refractivity (Wildman–Crippen MR) is 73.2 cm³/mol. The fourth-order valence-corrected chi connectivity index (χ4v) is 2.03. The number of carbonyl (C=O) groups excluding carboxylic acids is 1. The molecule has 2 rings (SSSR count). The fraction of sp³-hybridized carbons (Fsp3) is 0.692. The van der Waals surface area contributed by atoms with Crippen LogP contribution >= 0.6 is 0 Å². The number of hydrogen-bond acceptors (Lipinski definition) is 4. The van der Waals surface area contributed by atoms with Crippen molar-refractivity contribution in [2.24, 2.45) is 5.41 Å². The molecule has 0 aliphatic carbocycles. The van der Waals surface area contributed by atoms with E-state index in [9.17, 15) is 4.79 Å². The highest BCUT2D eigenvalue weighted by Crippen LogP contribution is 2.28. The number of ether oxygens (including phenoxy) is 1. The molecule has 2 N–H and O–H groups in total. The Morgan fingerprint density at radius 2 is 2.26 bits per heavy atom. The van der Waals surface area contributed by atoms with Gasteiger partial charge in [-0.15, -0.1) is 5.10 Å². The molecule has 2 heterocycles. The van der Waals surface area contributed by atoms with Crippen molar-refractivity contribution in [2.45, 2.75) is 40.3 Å². The van der Waals surface area contributed by atoms with Gasteiger partial charge in [0.05, 0.1) is 19.2 Å². The Balaban J connectivity index is 2.15. The van der Waals surface area contributed by atoms with Gasteiger partial charge in [-0.2, -0.15) is 0 Å². The quantitative estimate of drug-likeness (QED) is 0.867. The minimum Gasteiger partial charge on any atom is -0.480 e. The molecule has 0 spiro atoms. The van der Waals surface area contributed by atoms with Crippen molar-refractivity contribution in [1.29, 1.82) is 0 Å². The van der Waals surface area contributed by atoms with Gasteiger partial charge in [-0.1, -0.05) is 20.8 Å². The van der Waals surface area contributed by atoms with Crippen LogP contribution in [-0.4, -0.2) is 29.3 Å². The van der Waals surface area contributed by atoms with E-state index in [0.717, 1.165) is 30.9 Å². The molecule has 6 nitrogen and oxygen atoms in total. The average molecular weight is 266 g/mol. The van der Waals surface area contributed by atoms with Crippen LogP contribution in [0.2, 0.25) is 0 Å². The first-order valence-electron chi connectivity index (χ1n) is 6.59. The van der Waals surface area contributed by atoms with Crippen molar-refractivity contribution < 1.29 is 9.53 Å². The van der Waals surface area contributed by atoms with Crippen LogP contribution in [0.3, 0.4) is 0 Å². The first-order valence-corrected chi connectivity index (χ1v) is 6.59. The van der Waals surface area contributed by atoms with E-state index in [-0.39, 0.29) is 5.91 Å². The van der Waals surface area contributed by atoms with Gasteiger partial charge in [0.25, 0.3) is 0 Å². The van der Waals surface area contributed by atoms with Crippen molar-refractivity contribution in [3.63, 3.8) is 0 Å². The Labute approximate surface area is 113 Å². The number of hydrogen-bond donors (Lipinski definition) is 2. The number of aromatic nitrogens is 2. The molecular weight excluding hydrogens is 244 g/mol. The number of carbonyl (C=O) groups is 1. The second-order valence-corrected chi connectivity index (χ2v) is 5.77. The summed E-state index contributed by atoms with van der Waals surface area (Å²) in [7, 11) is 1.60. The van der Waals surface area contributed by atoms with Crippen molar-refractivity contribution in [3.8, 4) is 5.88 Å². The van der Waals surface area contributed by atoms with Gasteiger partial charge < -0.3 is 15.4 Å². The molecule has 0 radical (unpaired) electrons. The molecule has 0 fully saturated rings. The van der Waals surface area contributed by atoms with Crippen molar-refractivity contribution in [1.82, 2.24) is 15.1 Å². The predicted octanol–water partition coefficient (Wildman–Crippen LogP) is 1.37. The van der Waals surface area contributed by atoms with Crippen molar-refractivity contribution >= 4 is 11.7 Å². The molecule has 6 heteroatoms. The van der Waals surface area contributed by atoms with Crippen LogP contribution in [0, 0.1) is 5.41 Å². The second-order valence-electron chi connectivity index (χ2n) is 5.77. The summed E-state index contributed by atoms with van der Waals surface area (Å²) in [5, 5.41) is 10.6. The number of amides is 1. The maximum absolute atomic E-state index is 11.9. The number of aryl methyl sites for hydroxylation is 1. The maximum Gasteiger partial charge on any atom is 0.239 e. The normalized spacial score (nSPS) is 14.5. The summed E-state index contributed by atoms with van der Waals surface area (Å²) >= 11 is 0. The van der Waals surface area contributed by atoms with Gasteiger partial charge in [-0.05, 0) is 6.42 Å². The maximum atomic E-state index is 11.9. The molecule has 0 aromatic carbocycles. The van der Waals surface area contributed by atoms with Crippen molar-refractivity contribution in [2.75, 3.05) is 19.0 Å². The molecule has 1 aliphatic rings. The summed E-state index contributed by atoms with van der Waals surface area (Å²) in [6.45, 7) is 7.92. The third-order valence-electron chi connectivity index (χ3n) is 3.15. The number of nitrogens with zero attached hydrogens (tertiary/aromatic N) is 2. The van der Waals surface area contributed by atoms with E-state index in [4.69, 9.17) is 4.74 Å². The Hall–Kier alpha value is -1.72. The largest absolute Gasteiger partial charge is 0.480 e. The summed E-state index contributed by atoms with van der Waals surface area (Å²) in [4.78, 5) is 11.9. The zero-order valence-electron chi connectivity index (χ0n) is 12.0. The van der Waals surface area contributed by atoms with Crippen LogP contribution < -0.4 is 15.4 Å². The molecule has 1 aromatic rings. The van der Waals surface area contributed by atoms with Gasteiger partial charge in [-0.3, -0.25) is 4.79 Å². The molecule has 0 saturated heterocycles. The van der Waals surface area contributed by atoms with Gasteiger partial charge in [0.15, 0.2) is 0 Å². The lowest BCUT2D eigenvalue weighted by atomic mass is 9.95. The van der Waals surface area contributed by atoms with E-state index in [1.807, 2.05) is 25.5 Å². The topological polar surface area (TPSA) is 68.2 Å². The summed E-state index contributed by atoms with van der Waals surface area (Å²) in [6.07, 6.45) is 1.05. The monoisotopic (exact) mass is 266 g/mol. The molecule has 0 bridgehead atoms. The van der Waals surface area contributed by atoms with Gasteiger partial charge >= 0.3 is 0 Å². The first kappa shape index (κ1) is 13.7.